The Bertz CT molecular complexity index is 213. The fraction of sp³-hybridized carbons (Fsp3) is 0.833. The third-order valence-electron chi connectivity index (χ3n) is 2.12. The molecule has 0 amide bonds. The fourth-order valence-corrected chi connectivity index (χ4v) is 1.22. The van der Waals surface area contributed by atoms with Crippen LogP contribution in [-0.2, 0) is 0 Å². The molecule has 0 aromatic heterocycles. The Kier molecular flexibility index (Phi) is 2.47. The van der Waals surface area contributed by atoms with E-state index in [9.17, 15) is 17.6 Å². The number of alkyl halides is 4. The Balaban J connectivity index is 2.89. The quantitative estimate of drug-likeness (QED) is 0.664. The minimum atomic E-state index is -3.25. The van der Waals surface area contributed by atoms with E-state index in [2.05, 4.69) is 0 Å². The van der Waals surface area contributed by atoms with Crippen LogP contribution < -0.4 is 0 Å². The van der Waals surface area contributed by atoms with E-state index in [-0.39, 0.29) is 5.06 Å². The summed E-state index contributed by atoms with van der Waals surface area (Å²) in [5.41, 5.74) is -2.58. The molecule has 0 aromatic rings. The first-order chi connectivity index (χ1) is 5.90. The third kappa shape index (κ3) is 1.48. The molecule has 0 unspecified atom stereocenters. The highest BCUT2D eigenvalue weighted by molar-refractivity contribution is 5.81. The zero-order valence-electron chi connectivity index (χ0n) is 6.48. The number of amidine groups is 1. The maximum atomic E-state index is 12.3. The minimum Gasteiger partial charge on any atom is -0.287 e. The lowest BCUT2D eigenvalue weighted by Crippen LogP contribution is -2.39. The molecule has 1 fully saturated rings. The predicted molar refractivity (Wildman–Crippen MR) is 35.3 cm³/mol. The molecule has 1 aliphatic heterocycles. The molecule has 0 saturated carbocycles. The van der Waals surface area contributed by atoms with Crippen LogP contribution in [0.4, 0.5) is 17.6 Å². The lowest BCUT2D eigenvalue weighted by molar-refractivity contribution is -0.128. The Labute approximate surface area is 71.4 Å². The van der Waals surface area contributed by atoms with Crippen molar-refractivity contribution in [1.29, 1.82) is 5.41 Å². The van der Waals surface area contributed by atoms with Gasteiger partial charge in [0.25, 0.3) is 12.9 Å². The Hall–Kier alpha value is -0.850. The first-order valence-electron chi connectivity index (χ1n) is 3.50. The highest BCUT2D eigenvalue weighted by Crippen LogP contribution is 2.42. The Morgan fingerprint density at radius 2 is 1.77 bits per heavy atom. The molecular formula is C6H8F4N2O. The van der Waals surface area contributed by atoms with Crippen LogP contribution in [-0.4, -0.2) is 35.5 Å². The highest BCUT2D eigenvalue weighted by atomic mass is 19.3. The van der Waals surface area contributed by atoms with Crippen molar-refractivity contribution in [3.63, 3.8) is 0 Å². The molecule has 1 heterocycles. The van der Waals surface area contributed by atoms with Crippen LogP contribution in [0.1, 0.15) is 6.42 Å². The van der Waals surface area contributed by atoms with Crippen LogP contribution >= 0.6 is 0 Å². The average Bonchev–Trinajstić information content (AvgIpc) is 2.29. The summed E-state index contributed by atoms with van der Waals surface area (Å²) in [5, 5.41) is 15.8. The van der Waals surface area contributed by atoms with E-state index in [1.54, 1.807) is 0 Å². The molecule has 2 N–H and O–H groups in total. The first-order valence-corrected chi connectivity index (χ1v) is 3.50. The van der Waals surface area contributed by atoms with Crippen molar-refractivity contribution in [2.75, 3.05) is 6.54 Å². The number of hydrogen-bond donors (Lipinski definition) is 2. The first kappa shape index (κ1) is 10.2. The zero-order chi connectivity index (χ0) is 10.2. The van der Waals surface area contributed by atoms with Gasteiger partial charge in [-0.25, -0.2) is 22.6 Å². The van der Waals surface area contributed by atoms with Crippen molar-refractivity contribution in [2.24, 2.45) is 5.41 Å². The van der Waals surface area contributed by atoms with Gasteiger partial charge >= 0.3 is 0 Å². The van der Waals surface area contributed by atoms with Crippen molar-refractivity contribution in [2.45, 2.75) is 19.3 Å². The van der Waals surface area contributed by atoms with Gasteiger partial charge in [0.15, 0.2) is 0 Å². The summed E-state index contributed by atoms with van der Waals surface area (Å²) in [6.45, 7) is -0.888. The summed E-state index contributed by atoms with van der Waals surface area (Å²) in [6, 6.07) is 0. The normalized spacial score (nSPS) is 22.1. The van der Waals surface area contributed by atoms with E-state index in [0.29, 0.717) is 0 Å². The summed E-state index contributed by atoms with van der Waals surface area (Å²) in [5.74, 6) is -0.597. The van der Waals surface area contributed by atoms with Crippen LogP contribution in [0.2, 0.25) is 0 Å². The molecule has 1 saturated heterocycles. The SMILES string of the molecule is N=C1CC(C(F)F)(C(F)F)CN1O. The lowest BCUT2D eigenvalue weighted by Gasteiger charge is -2.25. The summed E-state index contributed by atoms with van der Waals surface area (Å²) in [4.78, 5) is 0. The molecule has 0 spiro atoms. The molecule has 13 heavy (non-hydrogen) atoms. The molecule has 1 rings (SSSR count). The number of hydrogen-bond acceptors (Lipinski definition) is 2. The molecule has 0 atom stereocenters. The maximum Gasteiger partial charge on any atom is 0.251 e. The minimum absolute atomic E-state index is 0.137. The molecule has 76 valence electrons. The molecule has 0 bridgehead atoms. The Morgan fingerprint density at radius 3 is 1.92 bits per heavy atom. The molecule has 1 aliphatic rings. The van der Waals surface area contributed by atoms with E-state index in [1.807, 2.05) is 0 Å². The largest absolute Gasteiger partial charge is 0.287 e. The second-order valence-electron chi connectivity index (χ2n) is 3.02. The van der Waals surface area contributed by atoms with Crippen LogP contribution in [0.15, 0.2) is 0 Å². The monoisotopic (exact) mass is 200 g/mol. The van der Waals surface area contributed by atoms with E-state index in [0.717, 1.165) is 0 Å². The van der Waals surface area contributed by atoms with Gasteiger partial charge in [-0.1, -0.05) is 0 Å². The second-order valence-corrected chi connectivity index (χ2v) is 3.02. The molecule has 0 aliphatic carbocycles. The van der Waals surface area contributed by atoms with Gasteiger partial charge < -0.3 is 0 Å². The Morgan fingerprint density at radius 1 is 1.31 bits per heavy atom. The summed E-state index contributed by atoms with van der Waals surface area (Å²) in [7, 11) is 0. The zero-order valence-corrected chi connectivity index (χ0v) is 6.48. The second kappa shape index (κ2) is 3.13. The van der Waals surface area contributed by atoms with Gasteiger partial charge in [0, 0.05) is 6.42 Å². The molecular weight excluding hydrogens is 192 g/mol. The van der Waals surface area contributed by atoms with Crippen LogP contribution in [0.5, 0.6) is 0 Å². The van der Waals surface area contributed by atoms with Crippen molar-refractivity contribution < 1.29 is 22.8 Å². The van der Waals surface area contributed by atoms with Crippen LogP contribution in [0.25, 0.3) is 0 Å². The number of nitrogens with zero attached hydrogens (tertiary/aromatic N) is 1. The van der Waals surface area contributed by atoms with Crippen molar-refractivity contribution in [3.05, 3.63) is 0 Å². The summed E-state index contributed by atoms with van der Waals surface area (Å²) in [6.07, 6.45) is -7.28. The average molecular weight is 200 g/mol. The van der Waals surface area contributed by atoms with Crippen molar-refractivity contribution in [3.8, 4) is 0 Å². The molecule has 0 aromatic carbocycles. The van der Waals surface area contributed by atoms with Crippen LogP contribution in [0.3, 0.4) is 0 Å². The topological polar surface area (TPSA) is 47.3 Å². The van der Waals surface area contributed by atoms with Gasteiger partial charge in [-0.2, -0.15) is 0 Å². The van der Waals surface area contributed by atoms with Gasteiger partial charge in [0.1, 0.15) is 11.3 Å². The number of rotatable bonds is 2. The molecule has 0 radical (unpaired) electrons. The summed E-state index contributed by atoms with van der Waals surface area (Å²) < 4.78 is 49.1. The van der Waals surface area contributed by atoms with Crippen LogP contribution in [0, 0.1) is 10.8 Å². The maximum absolute atomic E-state index is 12.3. The third-order valence-corrected chi connectivity index (χ3v) is 2.12. The van der Waals surface area contributed by atoms with E-state index in [4.69, 9.17) is 10.6 Å². The van der Waals surface area contributed by atoms with Gasteiger partial charge in [-0.15, -0.1) is 0 Å². The standard InChI is InChI=1S/C6H8F4N2O/c7-4(8)6(5(9)10)1-3(11)12(13)2-6/h4-5,11,13H,1-2H2. The molecule has 3 nitrogen and oxygen atoms in total. The summed E-state index contributed by atoms with van der Waals surface area (Å²) >= 11 is 0. The van der Waals surface area contributed by atoms with E-state index < -0.39 is 37.1 Å². The number of nitrogens with one attached hydrogen (secondary N) is 1. The van der Waals surface area contributed by atoms with Crippen molar-refractivity contribution in [1.82, 2.24) is 5.06 Å². The predicted octanol–water partition coefficient (Wildman–Crippen LogP) is 1.58. The number of hydroxylamine groups is 2. The molecule has 7 heteroatoms. The smallest absolute Gasteiger partial charge is 0.251 e. The fourth-order valence-electron chi connectivity index (χ4n) is 1.22. The van der Waals surface area contributed by atoms with Gasteiger partial charge in [0.05, 0.1) is 6.54 Å². The number of halogens is 4. The van der Waals surface area contributed by atoms with E-state index in [1.165, 1.54) is 0 Å². The lowest BCUT2D eigenvalue weighted by atomic mass is 9.88. The van der Waals surface area contributed by atoms with Gasteiger partial charge in [-0.05, 0) is 0 Å². The highest BCUT2D eigenvalue weighted by Gasteiger charge is 2.55. The van der Waals surface area contributed by atoms with E-state index >= 15 is 0 Å². The van der Waals surface area contributed by atoms with Crippen molar-refractivity contribution >= 4 is 5.84 Å². The van der Waals surface area contributed by atoms with Gasteiger partial charge in [0.2, 0.25) is 0 Å². The van der Waals surface area contributed by atoms with Gasteiger partial charge in [-0.3, -0.25) is 10.6 Å².